The van der Waals surface area contributed by atoms with E-state index in [9.17, 15) is 32.4 Å². The van der Waals surface area contributed by atoms with Crippen molar-refractivity contribution in [3.63, 3.8) is 0 Å². The Labute approximate surface area is 311 Å². The first-order valence-electron chi connectivity index (χ1n) is 18.0. The van der Waals surface area contributed by atoms with Crippen LogP contribution in [0.1, 0.15) is 78.4 Å². The molecular formula is C37H53N5O10S. The molecule has 15 nitrogen and oxygen atoms in total. The average Bonchev–Trinajstić information content (AvgIpc) is 3.97. The summed E-state index contributed by atoms with van der Waals surface area (Å²) in [5, 5.41) is 5.41. The topological polar surface area (TPSA) is 190 Å². The van der Waals surface area contributed by atoms with E-state index in [-0.39, 0.29) is 26.0 Å². The molecule has 1 aromatic rings. The number of carbonyl (C=O) groups is 5. The number of hydrogen-bond acceptors (Lipinski definition) is 10. The second-order valence-corrected chi connectivity index (χ2v) is 18.8. The van der Waals surface area contributed by atoms with Crippen molar-refractivity contribution in [2.75, 3.05) is 26.8 Å². The minimum Gasteiger partial charge on any atom is -0.444 e. The lowest BCUT2D eigenvalue weighted by atomic mass is 9.85. The molecule has 0 aromatic heterocycles. The minimum atomic E-state index is -4.16. The number of carbonyl (C=O) groups excluding carboxylic acids is 5. The Hall–Kier alpha value is -4.18. The molecule has 2 saturated carbocycles. The van der Waals surface area contributed by atoms with Gasteiger partial charge in [0.05, 0.1) is 13.2 Å². The summed E-state index contributed by atoms with van der Waals surface area (Å²) < 4.78 is 43.9. The lowest BCUT2D eigenvalue weighted by molar-refractivity contribution is -0.143. The van der Waals surface area contributed by atoms with Gasteiger partial charge in [0.25, 0.3) is 5.91 Å². The normalized spacial score (nSPS) is 25.3. The van der Waals surface area contributed by atoms with E-state index in [4.69, 9.17) is 14.2 Å². The maximum absolute atomic E-state index is 14.4. The smallest absolute Gasteiger partial charge is 0.410 e. The number of rotatable bonds is 11. The Morgan fingerprint density at radius 1 is 1.06 bits per heavy atom. The summed E-state index contributed by atoms with van der Waals surface area (Å²) in [4.78, 5) is 71.6. The van der Waals surface area contributed by atoms with Crippen LogP contribution in [0.5, 0.6) is 0 Å². The Kier molecular flexibility index (Phi) is 11.0. The number of amides is 5. The van der Waals surface area contributed by atoms with Crippen LogP contribution in [0, 0.1) is 11.3 Å². The van der Waals surface area contributed by atoms with Crippen LogP contribution in [0.4, 0.5) is 9.59 Å². The summed E-state index contributed by atoms with van der Waals surface area (Å²) in [5.41, 5.74) is -1.20. The largest absolute Gasteiger partial charge is 0.444 e. The molecule has 2 heterocycles. The Balaban J connectivity index is 1.38. The SMILES string of the molecule is C=CC1CC1(NC(=O)C1CC(OC(=O)N2CCc3ccccc3C2)CN1C(=O)C(NC(=O)OC(C)(C)C)C(C)(C)C)C(=O)NS(=O)(=O)C1(COC)CC1. The quantitative estimate of drug-likeness (QED) is 0.283. The highest BCUT2D eigenvalue weighted by Gasteiger charge is 2.64. The molecule has 1 saturated heterocycles. The molecule has 4 aliphatic rings. The fourth-order valence-corrected chi connectivity index (χ4v) is 8.59. The highest BCUT2D eigenvalue weighted by Crippen LogP contribution is 2.47. The second-order valence-electron chi connectivity index (χ2n) is 16.7. The van der Waals surface area contributed by atoms with Crippen molar-refractivity contribution < 1.29 is 46.6 Å². The molecule has 53 heavy (non-hydrogen) atoms. The summed E-state index contributed by atoms with van der Waals surface area (Å²) in [6.45, 7) is 14.6. The van der Waals surface area contributed by atoms with Gasteiger partial charge < -0.3 is 34.6 Å². The first-order valence-corrected chi connectivity index (χ1v) is 19.5. The highest BCUT2D eigenvalue weighted by molar-refractivity contribution is 7.91. The van der Waals surface area contributed by atoms with Gasteiger partial charge in [0.1, 0.15) is 34.1 Å². The van der Waals surface area contributed by atoms with Crippen molar-refractivity contribution in [2.45, 2.75) is 114 Å². The Morgan fingerprint density at radius 2 is 1.72 bits per heavy atom. The van der Waals surface area contributed by atoms with Crippen LogP contribution in [-0.4, -0.2) is 109 Å². The summed E-state index contributed by atoms with van der Waals surface area (Å²) in [7, 11) is -2.78. The van der Waals surface area contributed by atoms with Gasteiger partial charge in [-0.1, -0.05) is 51.1 Å². The van der Waals surface area contributed by atoms with Crippen LogP contribution in [0.15, 0.2) is 36.9 Å². The van der Waals surface area contributed by atoms with E-state index in [2.05, 4.69) is 21.9 Å². The molecule has 2 aliphatic heterocycles. The molecule has 5 rings (SSSR count). The van der Waals surface area contributed by atoms with E-state index in [1.54, 1.807) is 46.4 Å². The van der Waals surface area contributed by atoms with Crippen molar-refractivity contribution in [3.05, 3.63) is 48.0 Å². The molecule has 0 radical (unpaired) electrons. The van der Waals surface area contributed by atoms with E-state index in [0.717, 1.165) is 11.1 Å². The lowest BCUT2D eigenvalue weighted by Crippen LogP contribution is -2.60. The molecule has 5 atom stereocenters. The third-order valence-electron chi connectivity index (χ3n) is 10.3. The van der Waals surface area contributed by atoms with E-state index < -0.39 is 85.3 Å². The molecule has 3 N–H and O–H groups in total. The predicted molar refractivity (Wildman–Crippen MR) is 194 cm³/mol. The van der Waals surface area contributed by atoms with Crippen molar-refractivity contribution in [1.82, 2.24) is 25.2 Å². The lowest BCUT2D eigenvalue weighted by Gasteiger charge is -2.36. The number of nitrogens with one attached hydrogen (secondary N) is 3. The van der Waals surface area contributed by atoms with E-state index >= 15 is 0 Å². The molecule has 5 amide bonds. The zero-order chi connectivity index (χ0) is 39.1. The zero-order valence-electron chi connectivity index (χ0n) is 31.7. The van der Waals surface area contributed by atoms with Gasteiger partial charge >= 0.3 is 12.2 Å². The van der Waals surface area contributed by atoms with Gasteiger partial charge in [0.2, 0.25) is 21.8 Å². The molecule has 5 unspecified atom stereocenters. The first-order chi connectivity index (χ1) is 24.6. The molecule has 3 fully saturated rings. The van der Waals surface area contributed by atoms with E-state index in [0.29, 0.717) is 32.4 Å². The monoisotopic (exact) mass is 759 g/mol. The number of likely N-dealkylation sites (tertiary alicyclic amines) is 1. The van der Waals surface area contributed by atoms with Crippen LogP contribution in [0.3, 0.4) is 0 Å². The third-order valence-corrected chi connectivity index (χ3v) is 12.5. The van der Waals surface area contributed by atoms with Crippen LogP contribution in [0.25, 0.3) is 0 Å². The summed E-state index contributed by atoms with van der Waals surface area (Å²) in [6.07, 6.45) is 0.392. The predicted octanol–water partition coefficient (Wildman–Crippen LogP) is 2.78. The van der Waals surface area contributed by atoms with Gasteiger partial charge in [0, 0.05) is 32.5 Å². The Morgan fingerprint density at radius 3 is 2.28 bits per heavy atom. The van der Waals surface area contributed by atoms with Crippen LogP contribution >= 0.6 is 0 Å². The summed E-state index contributed by atoms with van der Waals surface area (Å²) in [5.74, 6) is -2.87. The van der Waals surface area contributed by atoms with Crippen LogP contribution < -0.4 is 15.4 Å². The number of ether oxygens (including phenoxy) is 3. The van der Waals surface area contributed by atoms with Crippen molar-refractivity contribution in [2.24, 2.45) is 11.3 Å². The molecule has 0 bridgehead atoms. The molecule has 2 aliphatic carbocycles. The molecule has 292 valence electrons. The number of sulfonamides is 1. The maximum atomic E-state index is 14.4. The van der Waals surface area contributed by atoms with Crippen LogP contribution in [-0.2, 0) is 51.6 Å². The summed E-state index contributed by atoms with van der Waals surface area (Å²) in [6, 6.07) is 5.40. The number of benzene rings is 1. The molecule has 16 heteroatoms. The maximum Gasteiger partial charge on any atom is 0.410 e. The van der Waals surface area contributed by atoms with Gasteiger partial charge in [-0.2, -0.15) is 0 Å². The number of fused-ring (bicyclic) bond motifs is 1. The van der Waals surface area contributed by atoms with Gasteiger partial charge in [0.15, 0.2) is 0 Å². The number of alkyl carbamates (subject to hydrolysis) is 1. The standard InChI is InChI=1S/C37H53N5O10S/c1-9-25-19-37(25,31(45)40-53(48,49)36(15-16-36)22-50-8)39-29(43)27-18-26(51-33(47)41-17-14-23-12-10-11-13-24(23)20-41)21-42(27)30(44)28(34(2,3)4)38-32(46)52-35(5,6)7/h9-13,25-28H,1,14-22H2,2-8H3,(H,38,46)(H,39,43)(H,40,45). The number of methoxy groups -OCH3 is 1. The van der Waals surface area contributed by atoms with Crippen molar-refractivity contribution >= 4 is 39.9 Å². The van der Waals surface area contributed by atoms with Gasteiger partial charge in [-0.3, -0.25) is 19.1 Å². The number of hydrogen-bond donors (Lipinski definition) is 3. The molecule has 0 spiro atoms. The van der Waals surface area contributed by atoms with Gasteiger partial charge in [-0.05, 0) is 63.0 Å². The van der Waals surface area contributed by atoms with Crippen LogP contribution in [0.2, 0.25) is 0 Å². The first kappa shape index (κ1) is 40.0. The van der Waals surface area contributed by atoms with Gasteiger partial charge in [-0.15, -0.1) is 6.58 Å². The zero-order valence-corrected chi connectivity index (χ0v) is 32.5. The van der Waals surface area contributed by atoms with Crippen molar-refractivity contribution in [1.29, 1.82) is 0 Å². The molecular weight excluding hydrogens is 706 g/mol. The van der Waals surface area contributed by atoms with E-state index in [1.807, 2.05) is 24.3 Å². The summed E-state index contributed by atoms with van der Waals surface area (Å²) >= 11 is 0. The third kappa shape index (κ3) is 8.64. The average molecular weight is 760 g/mol. The Bertz CT molecular complexity index is 1750. The highest BCUT2D eigenvalue weighted by atomic mass is 32.2. The van der Waals surface area contributed by atoms with E-state index in [1.165, 1.54) is 18.1 Å². The fraction of sp³-hybridized carbons (Fsp3) is 0.649. The molecule has 1 aromatic carbocycles. The van der Waals surface area contributed by atoms with Crippen molar-refractivity contribution in [3.8, 4) is 0 Å². The minimum absolute atomic E-state index is 0.0845. The number of nitrogens with zero attached hydrogens (tertiary/aromatic N) is 2. The second kappa shape index (κ2) is 14.6. The van der Waals surface area contributed by atoms with Gasteiger partial charge in [-0.25, -0.2) is 18.0 Å². The fourth-order valence-electron chi connectivity index (χ4n) is 7.04.